The van der Waals surface area contributed by atoms with E-state index in [1.807, 2.05) is 19.9 Å². The molecule has 1 aromatic carbocycles. The van der Waals surface area contributed by atoms with Gasteiger partial charge in [-0.3, -0.25) is 0 Å². The fraction of sp³-hybridized carbons (Fsp3) is 0.385. The Morgan fingerprint density at radius 2 is 2.06 bits per heavy atom. The molecule has 4 nitrogen and oxygen atoms in total. The summed E-state index contributed by atoms with van der Waals surface area (Å²) in [6.45, 7) is 6.11. The summed E-state index contributed by atoms with van der Waals surface area (Å²) in [7, 11) is 0. The Morgan fingerprint density at radius 3 is 2.67 bits per heavy atom. The standard InChI is InChI=1S/C13H18N2O2S/c1-4-17-12(16)10-7-5-6-8-11(10)15-13(18)14-9(2)3/h5-9H,4H2,1-3H3,(H2,14,15,18). The number of benzene rings is 1. The van der Waals surface area contributed by atoms with Gasteiger partial charge in [-0.05, 0) is 45.1 Å². The van der Waals surface area contributed by atoms with Crippen LogP contribution < -0.4 is 10.6 Å². The number of carbonyl (C=O) groups excluding carboxylic acids is 1. The maximum absolute atomic E-state index is 11.7. The van der Waals surface area contributed by atoms with Crippen LogP contribution >= 0.6 is 12.2 Å². The first-order chi connectivity index (χ1) is 8.54. The zero-order chi connectivity index (χ0) is 13.5. The summed E-state index contributed by atoms with van der Waals surface area (Å²) >= 11 is 5.15. The molecule has 0 spiro atoms. The second-order valence-electron chi connectivity index (χ2n) is 4.02. The zero-order valence-corrected chi connectivity index (χ0v) is 11.6. The van der Waals surface area contributed by atoms with Crippen molar-refractivity contribution in [2.24, 2.45) is 0 Å². The first-order valence-corrected chi connectivity index (χ1v) is 6.29. The third-order valence-corrected chi connectivity index (χ3v) is 2.31. The number of thiocarbonyl (C=S) groups is 1. The molecule has 1 rings (SSSR count). The van der Waals surface area contributed by atoms with Crippen molar-refractivity contribution in [1.82, 2.24) is 5.32 Å². The lowest BCUT2D eigenvalue weighted by molar-refractivity contribution is 0.0527. The molecule has 18 heavy (non-hydrogen) atoms. The van der Waals surface area contributed by atoms with Crippen LogP contribution in [0, 0.1) is 0 Å². The van der Waals surface area contributed by atoms with E-state index in [1.165, 1.54) is 0 Å². The number of rotatable bonds is 4. The van der Waals surface area contributed by atoms with Gasteiger partial charge in [0.05, 0.1) is 17.9 Å². The van der Waals surface area contributed by atoms with Crippen molar-refractivity contribution in [3.05, 3.63) is 29.8 Å². The van der Waals surface area contributed by atoms with E-state index in [2.05, 4.69) is 10.6 Å². The van der Waals surface area contributed by atoms with Crippen LogP contribution in [0.5, 0.6) is 0 Å². The van der Waals surface area contributed by atoms with Crippen molar-refractivity contribution in [2.45, 2.75) is 26.8 Å². The lowest BCUT2D eigenvalue weighted by atomic mass is 10.2. The van der Waals surface area contributed by atoms with Crippen LogP contribution in [-0.2, 0) is 4.74 Å². The minimum atomic E-state index is -0.354. The molecule has 5 heteroatoms. The van der Waals surface area contributed by atoms with Gasteiger partial charge in [0.1, 0.15) is 0 Å². The highest BCUT2D eigenvalue weighted by Crippen LogP contribution is 2.16. The smallest absolute Gasteiger partial charge is 0.340 e. The third kappa shape index (κ3) is 4.33. The molecular weight excluding hydrogens is 248 g/mol. The van der Waals surface area contributed by atoms with Crippen LogP contribution in [0.3, 0.4) is 0 Å². The van der Waals surface area contributed by atoms with Crippen LogP contribution in [0.2, 0.25) is 0 Å². The van der Waals surface area contributed by atoms with Crippen LogP contribution in [0.25, 0.3) is 0 Å². The van der Waals surface area contributed by atoms with Gasteiger partial charge in [-0.2, -0.15) is 0 Å². The summed E-state index contributed by atoms with van der Waals surface area (Å²) in [4.78, 5) is 11.7. The summed E-state index contributed by atoms with van der Waals surface area (Å²) in [5.41, 5.74) is 1.13. The molecule has 0 fully saturated rings. The Balaban J connectivity index is 2.82. The van der Waals surface area contributed by atoms with Crippen molar-refractivity contribution in [1.29, 1.82) is 0 Å². The molecule has 0 atom stereocenters. The predicted molar refractivity (Wildman–Crippen MR) is 76.9 cm³/mol. The molecule has 0 saturated carbocycles. The Bertz CT molecular complexity index is 433. The van der Waals surface area contributed by atoms with E-state index in [-0.39, 0.29) is 12.0 Å². The van der Waals surface area contributed by atoms with Crippen molar-refractivity contribution in [2.75, 3.05) is 11.9 Å². The van der Waals surface area contributed by atoms with Crippen LogP contribution in [-0.4, -0.2) is 23.7 Å². The number of hydrogen-bond acceptors (Lipinski definition) is 3. The summed E-state index contributed by atoms with van der Waals surface area (Å²) in [5.74, 6) is -0.354. The summed E-state index contributed by atoms with van der Waals surface area (Å²) in [6, 6.07) is 7.36. The van der Waals surface area contributed by atoms with Crippen molar-refractivity contribution < 1.29 is 9.53 Å². The Labute approximate surface area is 113 Å². The lowest BCUT2D eigenvalue weighted by Crippen LogP contribution is -2.34. The molecule has 0 amide bonds. The monoisotopic (exact) mass is 266 g/mol. The summed E-state index contributed by atoms with van der Waals surface area (Å²) < 4.78 is 4.99. The topological polar surface area (TPSA) is 50.4 Å². The van der Waals surface area contributed by atoms with E-state index in [1.54, 1.807) is 25.1 Å². The van der Waals surface area contributed by atoms with Crippen LogP contribution in [0.1, 0.15) is 31.1 Å². The lowest BCUT2D eigenvalue weighted by Gasteiger charge is -2.15. The number of ether oxygens (including phenoxy) is 1. The van der Waals surface area contributed by atoms with Crippen molar-refractivity contribution in [3.63, 3.8) is 0 Å². The van der Waals surface area contributed by atoms with Crippen LogP contribution in [0.15, 0.2) is 24.3 Å². The van der Waals surface area contributed by atoms with Gasteiger partial charge in [0, 0.05) is 6.04 Å². The normalized spacial score (nSPS) is 10.0. The van der Waals surface area contributed by atoms with Gasteiger partial charge in [0.25, 0.3) is 0 Å². The minimum absolute atomic E-state index is 0.236. The van der Waals surface area contributed by atoms with E-state index >= 15 is 0 Å². The number of carbonyl (C=O) groups is 1. The molecule has 0 bridgehead atoms. The van der Waals surface area contributed by atoms with E-state index in [0.29, 0.717) is 23.0 Å². The second-order valence-corrected chi connectivity index (χ2v) is 4.43. The highest BCUT2D eigenvalue weighted by molar-refractivity contribution is 7.80. The van der Waals surface area contributed by atoms with E-state index < -0.39 is 0 Å². The molecule has 0 aliphatic carbocycles. The number of esters is 1. The van der Waals surface area contributed by atoms with E-state index in [4.69, 9.17) is 17.0 Å². The Kier molecular flexibility index (Phi) is 5.58. The number of nitrogens with one attached hydrogen (secondary N) is 2. The highest BCUT2D eigenvalue weighted by Gasteiger charge is 2.12. The molecule has 0 unspecified atom stereocenters. The van der Waals surface area contributed by atoms with Gasteiger partial charge in [-0.1, -0.05) is 12.1 Å². The number of hydrogen-bond donors (Lipinski definition) is 2. The van der Waals surface area contributed by atoms with E-state index in [0.717, 1.165) is 0 Å². The molecule has 0 saturated heterocycles. The summed E-state index contributed by atoms with van der Waals surface area (Å²) in [5, 5.41) is 6.55. The largest absolute Gasteiger partial charge is 0.462 e. The maximum atomic E-state index is 11.7. The van der Waals surface area contributed by atoms with Gasteiger partial charge < -0.3 is 15.4 Å². The van der Waals surface area contributed by atoms with Gasteiger partial charge in [-0.15, -0.1) is 0 Å². The minimum Gasteiger partial charge on any atom is -0.462 e. The fourth-order valence-electron chi connectivity index (χ4n) is 1.40. The Hall–Kier alpha value is -1.62. The van der Waals surface area contributed by atoms with Gasteiger partial charge in [0.2, 0.25) is 0 Å². The Morgan fingerprint density at radius 1 is 1.39 bits per heavy atom. The molecular formula is C13H18N2O2S. The average molecular weight is 266 g/mol. The second kappa shape index (κ2) is 6.96. The first-order valence-electron chi connectivity index (χ1n) is 5.88. The molecule has 0 radical (unpaired) electrons. The van der Waals surface area contributed by atoms with Crippen LogP contribution in [0.4, 0.5) is 5.69 Å². The molecule has 0 heterocycles. The molecule has 1 aromatic rings. The number of anilines is 1. The van der Waals surface area contributed by atoms with Crippen molar-refractivity contribution >= 4 is 29.0 Å². The molecule has 2 N–H and O–H groups in total. The highest BCUT2D eigenvalue weighted by atomic mass is 32.1. The van der Waals surface area contributed by atoms with Gasteiger partial charge >= 0.3 is 5.97 Å². The molecule has 0 aliphatic heterocycles. The summed E-state index contributed by atoms with van der Waals surface area (Å²) in [6.07, 6.45) is 0. The molecule has 0 aromatic heterocycles. The van der Waals surface area contributed by atoms with E-state index in [9.17, 15) is 4.79 Å². The maximum Gasteiger partial charge on any atom is 0.340 e. The molecule has 98 valence electrons. The number of para-hydroxylation sites is 1. The molecule has 0 aliphatic rings. The van der Waals surface area contributed by atoms with Gasteiger partial charge in [0.15, 0.2) is 5.11 Å². The van der Waals surface area contributed by atoms with Crippen molar-refractivity contribution in [3.8, 4) is 0 Å². The quantitative estimate of drug-likeness (QED) is 0.648. The predicted octanol–water partition coefficient (Wildman–Crippen LogP) is 2.56. The third-order valence-electron chi connectivity index (χ3n) is 2.09. The fourth-order valence-corrected chi connectivity index (χ4v) is 1.75. The first kappa shape index (κ1) is 14.4. The zero-order valence-electron chi connectivity index (χ0n) is 10.8. The van der Waals surface area contributed by atoms with Gasteiger partial charge in [-0.25, -0.2) is 4.79 Å². The average Bonchev–Trinajstić information content (AvgIpc) is 2.28. The SMILES string of the molecule is CCOC(=O)c1ccccc1NC(=S)NC(C)C.